The highest BCUT2D eigenvalue weighted by Gasteiger charge is 2.23. The molecule has 2 aliphatic rings. The predicted octanol–water partition coefficient (Wildman–Crippen LogP) is 4.76. The molecule has 192 valence electrons. The Hall–Kier alpha value is -3.43. The van der Waals surface area contributed by atoms with Crippen molar-refractivity contribution in [1.29, 1.82) is 0 Å². The molecule has 4 aromatic rings. The van der Waals surface area contributed by atoms with Gasteiger partial charge in [-0.2, -0.15) is 5.10 Å². The van der Waals surface area contributed by atoms with Crippen LogP contribution in [-0.2, 0) is 13.6 Å². The van der Waals surface area contributed by atoms with Gasteiger partial charge in [0.2, 0.25) is 5.95 Å². The zero-order chi connectivity index (χ0) is 25.2. The highest BCUT2D eigenvalue weighted by Crippen LogP contribution is 2.37. The average molecular weight is 501 g/mol. The molecule has 1 aromatic carbocycles. The molecule has 0 bridgehead atoms. The quantitative estimate of drug-likeness (QED) is 0.395. The Morgan fingerprint density at radius 2 is 1.86 bits per heavy atom. The Labute approximate surface area is 216 Å². The third-order valence-corrected chi connectivity index (χ3v) is 7.57. The fourth-order valence-corrected chi connectivity index (χ4v) is 5.69. The number of halogens is 1. The number of hydrogen-bond acceptors (Lipinski definition) is 7. The van der Waals surface area contributed by atoms with Crippen molar-refractivity contribution in [1.82, 2.24) is 34.9 Å². The third kappa shape index (κ3) is 5.19. The van der Waals surface area contributed by atoms with Crippen molar-refractivity contribution in [3.05, 3.63) is 59.8 Å². The van der Waals surface area contributed by atoms with Crippen LogP contribution in [0.25, 0.3) is 22.2 Å². The molecular weight excluding hydrogens is 467 g/mol. The molecule has 3 aromatic heterocycles. The van der Waals surface area contributed by atoms with E-state index >= 15 is 0 Å². The minimum atomic E-state index is -0.452. The Balaban J connectivity index is 1.23. The second-order valence-electron chi connectivity index (χ2n) is 10.2. The third-order valence-electron chi connectivity index (χ3n) is 7.57. The van der Waals surface area contributed by atoms with Crippen molar-refractivity contribution < 1.29 is 4.39 Å². The summed E-state index contributed by atoms with van der Waals surface area (Å²) in [6.45, 7) is 5.00. The first-order valence-electron chi connectivity index (χ1n) is 13.3. The summed E-state index contributed by atoms with van der Waals surface area (Å²) in [5, 5.41) is 12.3. The van der Waals surface area contributed by atoms with E-state index in [9.17, 15) is 4.39 Å². The number of anilines is 2. The van der Waals surface area contributed by atoms with E-state index in [1.54, 1.807) is 0 Å². The molecule has 1 saturated heterocycles. The monoisotopic (exact) mass is 500 g/mol. The van der Waals surface area contributed by atoms with Gasteiger partial charge in [-0.1, -0.05) is 31.4 Å². The molecule has 0 radical (unpaired) electrons. The molecule has 8 nitrogen and oxygen atoms in total. The largest absolute Gasteiger partial charge is 0.314 e. The number of piperazine rings is 1. The zero-order valence-electron chi connectivity index (χ0n) is 21.3. The summed E-state index contributed by atoms with van der Waals surface area (Å²) in [7, 11) is 2.01. The van der Waals surface area contributed by atoms with Gasteiger partial charge in [0, 0.05) is 68.5 Å². The van der Waals surface area contributed by atoms with Crippen LogP contribution in [0.4, 0.5) is 16.2 Å². The van der Waals surface area contributed by atoms with E-state index in [0.29, 0.717) is 17.7 Å². The molecule has 1 saturated carbocycles. The van der Waals surface area contributed by atoms with Gasteiger partial charge < -0.3 is 10.6 Å². The van der Waals surface area contributed by atoms with E-state index in [1.165, 1.54) is 44.0 Å². The molecule has 1 aliphatic carbocycles. The number of benzene rings is 1. The lowest BCUT2D eigenvalue weighted by atomic mass is 9.85. The average Bonchev–Trinajstić information content (AvgIpc) is 3.27. The lowest BCUT2D eigenvalue weighted by molar-refractivity contribution is 0.233. The number of nitrogens with one attached hydrogen (secondary N) is 2. The van der Waals surface area contributed by atoms with Crippen LogP contribution in [0.15, 0.2) is 42.7 Å². The fraction of sp³-hybridized carbons (Fsp3) is 0.429. The van der Waals surface area contributed by atoms with Gasteiger partial charge in [0.1, 0.15) is 11.5 Å². The van der Waals surface area contributed by atoms with Crippen LogP contribution in [0.5, 0.6) is 0 Å². The van der Waals surface area contributed by atoms with Gasteiger partial charge in [0.25, 0.3) is 0 Å². The zero-order valence-corrected chi connectivity index (χ0v) is 21.3. The molecule has 1 aliphatic heterocycles. The molecule has 37 heavy (non-hydrogen) atoms. The van der Waals surface area contributed by atoms with Crippen molar-refractivity contribution in [3.63, 3.8) is 0 Å². The van der Waals surface area contributed by atoms with E-state index < -0.39 is 5.82 Å². The molecule has 2 N–H and O–H groups in total. The molecule has 0 atom stereocenters. The van der Waals surface area contributed by atoms with Crippen molar-refractivity contribution in [3.8, 4) is 11.3 Å². The molecule has 0 unspecified atom stereocenters. The summed E-state index contributed by atoms with van der Waals surface area (Å²) in [6.07, 6.45) is 9.24. The second-order valence-corrected chi connectivity index (χ2v) is 10.2. The predicted molar refractivity (Wildman–Crippen MR) is 143 cm³/mol. The standard InChI is InChI=1S/C28H33FN8/c1-36-27(20-5-3-2-4-6-20)22-15-21(8-9-24(22)35-36)26-23(29)17-32-28(34-26)33-25-10-7-19(16-31-25)18-37-13-11-30-12-14-37/h7-10,15-17,20,30H,2-6,11-14,18H2,1H3,(H,31,32,33,34). The number of hydrogen-bond donors (Lipinski definition) is 2. The highest BCUT2D eigenvalue weighted by atomic mass is 19.1. The number of rotatable bonds is 6. The van der Waals surface area contributed by atoms with Crippen LogP contribution in [0, 0.1) is 5.82 Å². The second kappa shape index (κ2) is 10.5. The normalized spacial score (nSPS) is 17.4. The van der Waals surface area contributed by atoms with Gasteiger partial charge in [-0.05, 0) is 36.6 Å². The van der Waals surface area contributed by atoms with E-state index in [2.05, 4.69) is 36.6 Å². The van der Waals surface area contributed by atoms with Crippen molar-refractivity contribution in [2.75, 3.05) is 31.5 Å². The fourth-order valence-electron chi connectivity index (χ4n) is 5.69. The van der Waals surface area contributed by atoms with Gasteiger partial charge >= 0.3 is 0 Å². The summed E-state index contributed by atoms with van der Waals surface area (Å²) >= 11 is 0. The summed E-state index contributed by atoms with van der Waals surface area (Å²) < 4.78 is 16.9. The van der Waals surface area contributed by atoms with E-state index in [4.69, 9.17) is 5.10 Å². The van der Waals surface area contributed by atoms with Crippen LogP contribution in [0.3, 0.4) is 0 Å². The van der Waals surface area contributed by atoms with Crippen LogP contribution in [0.2, 0.25) is 0 Å². The Morgan fingerprint density at radius 1 is 1.03 bits per heavy atom. The Bertz CT molecular complexity index is 1370. The minimum absolute atomic E-state index is 0.271. The van der Waals surface area contributed by atoms with Crippen molar-refractivity contribution in [2.24, 2.45) is 7.05 Å². The summed E-state index contributed by atoms with van der Waals surface area (Å²) in [4.78, 5) is 15.6. The van der Waals surface area contributed by atoms with Crippen LogP contribution in [-0.4, -0.2) is 55.8 Å². The Morgan fingerprint density at radius 3 is 2.65 bits per heavy atom. The summed E-state index contributed by atoms with van der Waals surface area (Å²) in [5.74, 6) is 0.987. The minimum Gasteiger partial charge on any atom is -0.314 e. The first-order chi connectivity index (χ1) is 18.1. The molecule has 6 rings (SSSR count). The number of fused-ring (bicyclic) bond motifs is 1. The molecular formula is C28H33FN8. The SMILES string of the molecule is Cn1nc2ccc(-c3nc(Nc4ccc(CN5CCNCC5)cn4)ncc3F)cc2c1C1CCCCC1. The summed E-state index contributed by atoms with van der Waals surface area (Å²) in [5.41, 5.74) is 4.33. The number of aromatic nitrogens is 5. The van der Waals surface area contributed by atoms with E-state index in [1.807, 2.05) is 42.2 Å². The maximum atomic E-state index is 14.9. The lowest BCUT2D eigenvalue weighted by Gasteiger charge is -2.27. The number of pyridine rings is 1. The van der Waals surface area contributed by atoms with Crippen LogP contribution >= 0.6 is 0 Å². The molecule has 9 heteroatoms. The molecule has 2 fully saturated rings. The van der Waals surface area contributed by atoms with Crippen molar-refractivity contribution in [2.45, 2.75) is 44.6 Å². The molecule has 0 spiro atoms. The molecule has 4 heterocycles. The first-order valence-corrected chi connectivity index (χ1v) is 13.3. The smallest absolute Gasteiger partial charge is 0.229 e. The molecule has 0 amide bonds. The van der Waals surface area contributed by atoms with E-state index in [-0.39, 0.29) is 5.69 Å². The maximum Gasteiger partial charge on any atom is 0.229 e. The van der Waals surface area contributed by atoms with Gasteiger partial charge in [0.05, 0.1) is 11.7 Å². The number of aryl methyl sites for hydroxylation is 1. The van der Waals surface area contributed by atoms with Crippen LogP contribution < -0.4 is 10.6 Å². The maximum absolute atomic E-state index is 14.9. The van der Waals surface area contributed by atoms with Gasteiger partial charge in [-0.15, -0.1) is 0 Å². The number of nitrogens with zero attached hydrogens (tertiary/aromatic N) is 6. The van der Waals surface area contributed by atoms with Gasteiger partial charge in [0.15, 0.2) is 5.82 Å². The van der Waals surface area contributed by atoms with Gasteiger partial charge in [-0.3, -0.25) is 9.58 Å². The van der Waals surface area contributed by atoms with Crippen molar-refractivity contribution >= 4 is 22.7 Å². The van der Waals surface area contributed by atoms with E-state index in [0.717, 1.165) is 54.8 Å². The summed E-state index contributed by atoms with van der Waals surface area (Å²) in [6, 6.07) is 9.86. The topological polar surface area (TPSA) is 83.8 Å². The first kappa shape index (κ1) is 23.9. The Kier molecular flexibility index (Phi) is 6.80. The lowest BCUT2D eigenvalue weighted by Crippen LogP contribution is -2.42. The highest BCUT2D eigenvalue weighted by molar-refractivity contribution is 5.87. The van der Waals surface area contributed by atoms with Crippen LogP contribution in [0.1, 0.15) is 49.3 Å². The van der Waals surface area contributed by atoms with Gasteiger partial charge in [-0.25, -0.2) is 19.3 Å².